The van der Waals surface area contributed by atoms with Gasteiger partial charge in [0.15, 0.2) is 0 Å². The van der Waals surface area contributed by atoms with Crippen LogP contribution in [-0.2, 0) is 0 Å². The van der Waals surface area contributed by atoms with E-state index in [2.05, 4.69) is 44.7 Å². The summed E-state index contributed by atoms with van der Waals surface area (Å²) in [6.45, 7) is 11.3. The van der Waals surface area contributed by atoms with E-state index >= 15 is 0 Å². The number of hydrogen-bond donors (Lipinski definition) is 1. The Balaban J connectivity index is 2.01. The van der Waals surface area contributed by atoms with Gasteiger partial charge in [-0.05, 0) is 61.2 Å². The molecule has 1 N–H and O–H groups in total. The van der Waals surface area contributed by atoms with E-state index in [4.69, 9.17) is 0 Å². The minimum Gasteiger partial charge on any atom is -0.411 e. The number of nitrogens with zero attached hydrogens (tertiary/aromatic N) is 1. The monoisotopic (exact) mass is 315 g/mol. The molecule has 0 amide bonds. The van der Waals surface area contributed by atoms with E-state index < -0.39 is 0 Å². The highest BCUT2D eigenvalue weighted by Gasteiger charge is 2.53. The van der Waals surface area contributed by atoms with Crippen molar-refractivity contribution >= 4 is 6.21 Å². The zero-order valence-corrected chi connectivity index (χ0v) is 15.1. The standard InChI is InChI=1S/C21H33NO/c1-5-19(2)13-10-17-16(14-19)8-6-9-18-20(3,15-22-23)11-7-12-21(17,18)4/h5,10,15-16,18,23H,1,6-9,11-14H2,2-4H3/b22-15+/t16?,18?,19-,20-,21-/m0/s1. The Kier molecular flexibility index (Phi) is 4.23. The van der Waals surface area contributed by atoms with Crippen LogP contribution in [0.5, 0.6) is 0 Å². The zero-order chi connectivity index (χ0) is 16.7. The van der Waals surface area contributed by atoms with Crippen LogP contribution in [0.1, 0.15) is 72.1 Å². The molecule has 2 saturated carbocycles. The van der Waals surface area contributed by atoms with Gasteiger partial charge in [-0.2, -0.15) is 0 Å². The fraction of sp³-hybridized carbons (Fsp3) is 0.762. The molecule has 0 radical (unpaired) electrons. The van der Waals surface area contributed by atoms with E-state index in [1.54, 1.807) is 5.57 Å². The van der Waals surface area contributed by atoms with Gasteiger partial charge < -0.3 is 5.21 Å². The molecule has 2 heteroatoms. The van der Waals surface area contributed by atoms with Crippen molar-refractivity contribution in [1.82, 2.24) is 0 Å². The molecule has 0 spiro atoms. The summed E-state index contributed by atoms with van der Waals surface area (Å²) in [5.74, 6) is 1.32. The molecule has 5 atom stereocenters. The maximum absolute atomic E-state index is 9.20. The summed E-state index contributed by atoms with van der Waals surface area (Å²) >= 11 is 0. The average molecular weight is 316 g/mol. The fourth-order valence-corrected chi connectivity index (χ4v) is 6.15. The van der Waals surface area contributed by atoms with Gasteiger partial charge in [-0.3, -0.25) is 0 Å². The van der Waals surface area contributed by atoms with Gasteiger partial charge in [0.2, 0.25) is 0 Å². The molecular weight excluding hydrogens is 282 g/mol. The lowest BCUT2D eigenvalue weighted by Crippen LogP contribution is -2.46. The van der Waals surface area contributed by atoms with Gasteiger partial charge in [-0.1, -0.05) is 51.3 Å². The van der Waals surface area contributed by atoms with Gasteiger partial charge in [0.1, 0.15) is 0 Å². The second kappa shape index (κ2) is 5.79. The Hall–Kier alpha value is -1.05. The van der Waals surface area contributed by atoms with Crippen molar-refractivity contribution < 1.29 is 5.21 Å². The Morgan fingerprint density at radius 1 is 1.22 bits per heavy atom. The van der Waals surface area contributed by atoms with E-state index in [9.17, 15) is 5.21 Å². The summed E-state index contributed by atoms with van der Waals surface area (Å²) in [6, 6.07) is 0. The second-order valence-corrected chi connectivity index (χ2v) is 9.13. The number of allylic oxidation sites excluding steroid dienone is 3. The zero-order valence-electron chi connectivity index (χ0n) is 15.1. The van der Waals surface area contributed by atoms with Gasteiger partial charge in [0.05, 0.1) is 0 Å². The fourth-order valence-electron chi connectivity index (χ4n) is 6.15. The van der Waals surface area contributed by atoms with Crippen molar-refractivity contribution in [3.8, 4) is 0 Å². The van der Waals surface area contributed by atoms with Gasteiger partial charge in [-0.25, -0.2) is 0 Å². The third-order valence-corrected chi connectivity index (χ3v) is 7.47. The van der Waals surface area contributed by atoms with Crippen molar-refractivity contribution in [2.45, 2.75) is 72.1 Å². The minimum absolute atomic E-state index is 0.0384. The normalized spacial score (nSPS) is 47.3. The predicted molar refractivity (Wildman–Crippen MR) is 96.8 cm³/mol. The first kappa shape index (κ1) is 16.8. The molecular formula is C21H33NO. The van der Waals surface area contributed by atoms with Crippen LogP contribution < -0.4 is 0 Å². The Labute approximate surface area is 141 Å². The van der Waals surface area contributed by atoms with Crippen LogP contribution in [0, 0.1) is 28.1 Å². The van der Waals surface area contributed by atoms with E-state index in [0.717, 1.165) is 18.8 Å². The van der Waals surface area contributed by atoms with Crippen molar-refractivity contribution in [3.63, 3.8) is 0 Å². The first-order valence-electron chi connectivity index (χ1n) is 9.40. The van der Waals surface area contributed by atoms with Crippen molar-refractivity contribution in [2.75, 3.05) is 0 Å². The topological polar surface area (TPSA) is 32.6 Å². The molecule has 3 aliphatic carbocycles. The Bertz CT molecular complexity index is 536. The van der Waals surface area contributed by atoms with Gasteiger partial charge in [0.25, 0.3) is 0 Å². The molecule has 0 bridgehead atoms. The molecule has 3 aliphatic rings. The van der Waals surface area contributed by atoms with E-state index in [1.807, 2.05) is 6.21 Å². The van der Waals surface area contributed by atoms with Crippen LogP contribution in [0.3, 0.4) is 0 Å². The molecule has 23 heavy (non-hydrogen) atoms. The summed E-state index contributed by atoms with van der Waals surface area (Å²) in [4.78, 5) is 0. The van der Waals surface area contributed by atoms with Crippen LogP contribution >= 0.6 is 0 Å². The third kappa shape index (κ3) is 2.68. The molecule has 0 heterocycles. The quantitative estimate of drug-likeness (QED) is 0.289. The molecule has 0 saturated heterocycles. The molecule has 0 aromatic carbocycles. The number of fused-ring (bicyclic) bond motifs is 3. The number of oxime groups is 1. The molecule has 2 nitrogen and oxygen atoms in total. The van der Waals surface area contributed by atoms with Crippen LogP contribution in [0.25, 0.3) is 0 Å². The Morgan fingerprint density at radius 3 is 2.70 bits per heavy atom. The van der Waals surface area contributed by atoms with Crippen LogP contribution in [0.15, 0.2) is 29.5 Å². The predicted octanol–water partition coefficient (Wildman–Crippen LogP) is 5.97. The van der Waals surface area contributed by atoms with Crippen molar-refractivity contribution in [2.24, 2.45) is 33.2 Å². The van der Waals surface area contributed by atoms with E-state index in [-0.39, 0.29) is 16.2 Å². The molecule has 0 aromatic rings. The van der Waals surface area contributed by atoms with Crippen molar-refractivity contribution in [3.05, 3.63) is 24.3 Å². The van der Waals surface area contributed by atoms with Gasteiger partial charge in [0, 0.05) is 11.6 Å². The summed E-state index contributed by atoms with van der Waals surface area (Å²) in [5.41, 5.74) is 2.31. The summed E-state index contributed by atoms with van der Waals surface area (Å²) < 4.78 is 0. The Morgan fingerprint density at radius 2 is 2.00 bits per heavy atom. The maximum Gasteiger partial charge on any atom is 0.0498 e. The lowest BCUT2D eigenvalue weighted by molar-refractivity contribution is 0.0537. The highest BCUT2D eigenvalue weighted by Crippen LogP contribution is 2.61. The van der Waals surface area contributed by atoms with E-state index in [1.165, 1.54) is 38.5 Å². The molecule has 2 fully saturated rings. The molecule has 0 aromatic heterocycles. The highest BCUT2D eigenvalue weighted by atomic mass is 16.4. The van der Waals surface area contributed by atoms with E-state index in [0.29, 0.717) is 5.92 Å². The SMILES string of the molecule is C=C[C@@]1(C)CC=C2C(CCCC3[C@@]2(C)CCC[C@@]3(C)/C=N/O)C1. The first-order valence-corrected chi connectivity index (χ1v) is 9.40. The molecule has 3 rings (SSSR count). The largest absolute Gasteiger partial charge is 0.411 e. The lowest BCUT2D eigenvalue weighted by Gasteiger charge is -2.53. The third-order valence-electron chi connectivity index (χ3n) is 7.47. The average Bonchev–Trinajstić information content (AvgIpc) is 2.64. The molecule has 2 unspecified atom stereocenters. The van der Waals surface area contributed by atoms with Crippen LogP contribution in [-0.4, -0.2) is 11.4 Å². The first-order chi connectivity index (χ1) is 10.9. The minimum atomic E-state index is 0.0384. The summed E-state index contributed by atoms with van der Waals surface area (Å²) in [7, 11) is 0. The van der Waals surface area contributed by atoms with Crippen LogP contribution in [0.4, 0.5) is 0 Å². The smallest absolute Gasteiger partial charge is 0.0498 e. The maximum atomic E-state index is 9.20. The summed E-state index contributed by atoms with van der Waals surface area (Å²) in [5, 5.41) is 12.7. The molecule has 128 valence electrons. The lowest BCUT2D eigenvalue weighted by atomic mass is 9.51. The number of rotatable bonds is 2. The number of hydrogen-bond acceptors (Lipinski definition) is 2. The van der Waals surface area contributed by atoms with Crippen LogP contribution in [0.2, 0.25) is 0 Å². The van der Waals surface area contributed by atoms with Gasteiger partial charge >= 0.3 is 0 Å². The highest BCUT2D eigenvalue weighted by molar-refractivity contribution is 5.66. The van der Waals surface area contributed by atoms with Crippen molar-refractivity contribution in [1.29, 1.82) is 0 Å². The summed E-state index contributed by atoms with van der Waals surface area (Å²) in [6.07, 6.45) is 16.5. The molecule has 0 aliphatic heterocycles. The van der Waals surface area contributed by atoms with Gasteiger partial charge in [-0.15, -0.1) is 11.7 Å². The second-order valence-electron chi connectivity index (χ2n) is 9.13.